The molecular formula is C36H37N3. The summed E-state index contributed by atoms with van der Waals surface area (Å²) in [5, 5.41) is 3.85. The first-order valence-corrected chi connectivity index (χ1v) is 14.0. The van der Waals surface area contributed by atoms with Crippen molar-refractivity contribution in [3.05, 3.63) is 133 Å². The van der Waals surface area contributed by atoms with Gasteiger partial charge in [0.1, 0.15) is 0 Å². The van der Waals surface area contributed by atoms with Gasteiger partial charge in [0.2, 0.25) is 0 Å². The molecule has 196 valence electrons. The predicted molar refractivity (Wildman–Crippen MR) is 167 cm³/mol. The van der Waals surface area contributed by atoms with Gasteiger partial charge in [0, 0.05) is 17.2 Å². The highest BCUT2D eigenvalue weighted by atomic mass is 15.0. The van der Waals surface area contributed by atoms with E-state index >= 15 is 0 Å². The molecule has 1 fully saturated rings. The molecule has 39 heavy (non-hydrogen) atoms. The molecule has 0 spiro atoms. The third-order valence-corrected chi connectivity index (χ3v) is 7.21. The lowest BCUT2D eigenvalue weighted by Gasteiger charge is -2.21. The van der Waals surface area contributed by atoms with Crippen LogP contribution >= 0.6 is 0 Å². The Balaban J connectivity index is 0.000000983. The van der Waals surface area contributed by atoms with E-state index in [1.54, 1.807) is 6.08 Å². The van der Waals surface area contributed by atoms with E-state index in [-0.39, 0.29) is 5.54 Å². The van der Waals surface area contributed by atoms with E-state index < -0.39 is 0 Å². The van der Waals surface area contributed by atoms with Gasteiger partial charge in [-0.05, 0) is 61.4 Å². The van der Waals surface area contributed by atoms with E-state index in [4.69, 9.17) is 9.97 Å². The second-order valence-electron chi connectivity index (χ2n) is 10.2. The fourth-order valence-corrected chi connectivity index (χ4v) is 5.09. The minimum atomic E-state index is -0.00753. The van der Waals surface area contributed by atoms with Crippen LogP contribution in [0.1, 0.15) is 56.5 Å². The van der Waals surface area contributed by atoms with Crippen molar-refractivity contribution in [2.75, 3.05) is 5.32 Å². The first kappa shape index (κ1) is 26.4. The number of rotatable bonds is 7. The number of nitrogens with one attached hydrogen (secondary N) is 1. The third kappa shape index (κ3) is 6.09. The largest absolute Gasteiger partial charge is 0.375 e. The maximum atomic E-state index is 5.02. The Labute approximate surface area is 233 Å². The SMILES string of the molecule is C=CC.CC/C=C/c1ccccc1NC12C=CC(c3cc(C4=CCCC=C4)nc(-c4ccccc4)n3)=CC1C2. The Morgan fingerprint density at radius 1 is 0.974 bits per heavy atom. The molecule has 2 atom stereocenters. The molecular weight excluding hydrogens is 474 g/mol. The number of allylic oxidation sites excluding steroid dienone is 8. The van der Waals surface area contributed by atoms with Crippen LogP contribution in [0.3, 0.4) is 0 Å². The van der Waals surface area contributed by atoms with E-state index in [9.17, 15) is 0 Å². The highest BCUT2D eigenvalue weighted by Gasteiger charge is 2.52. The van der Waals surface area contributed by atoms with Crippen molar-refractivity contribution in [3.63, 3.8) is 0 Å². The molecule has 1 aromatic heterocycles. The van der Waals surface area contributed by atoms with E-state index in [0.29, 0.717) is 5.92 Å². The molecule has 1 N–H and O–H groups in total. The zero-order valence-corrected chi connectivity index (χ0v) is 23.0. The molecule has 1 saturated carbocycles. The van der Waals surface area contributed by atoms with Crippen LogP contribution in [0.2, 0.25) is 0 Å². The number of hydrogen-bond donors (Lipinski definition) is 1. The average Bonchev–Trinajstić information content (AvgIpc) is 3.71. The zero-order valence-electron chi connectivity index (χ0n) is 23.0. The molecule has 3 aliphatic rings. The second-order valence-corrected chi connectivity index (χ2v) is 10.2. The normalized spacial score (nSPS) is 20.8. The summed E-state index contributed by atoms with van der Waals surface area (Å²) in [6.07, 6.45) is 24.1. The Hall–Kier alpha value is -4.24. The number of fused-ring (bicyclic) bond motifs is 1. The Bertz CT molecular complexity index is 1470. The van der Waals surface area contributed by atoms with Crippen LogP contribution in [0, 0.1) is 5.92 Å². The summed E-state index contributed by atoms with van der Waals surface area (Å²) in [5.74, 6) is 1.23. The molecule has 6 rings (SSSR count). The van der Waals surface area contributed by atoms with E-state index in [1.165, 1.54) is 22.4 Å². The summed E-state index contributed by atoms with van der Waals surface area (Å²) in [4.78, 5) is 9.97. The van der Waals surface area contributed by atoms with Crippen LogP contribution in [0.15, 0.2) is 116 Å². The number of benzene rings is 2. The maximum Gasteiger partial charge on any atom is 0.160 e. The smallest absolute Gasteiger partial charge is 0.160 e. The van der Waals surface area contributed by atoms with Gasteiger partial charge in [-0.1, -0.05) is 110 Å². The fourth-order valence-electron chi connectivity index (χ4n) is 5.09. The number of aromatic nitrogens is 2. The fraction of sp³-hybridized carbons (Fsp3) is 0.222. The van der Waals surface area contributed by atoms with E-state index in [0.717, 1.165) is 48.5 Å². The highest BCUT2D eigenvalue weighted by molar-refractivity contribution is 5.81. The first-order valence-electron chi connectivity index (χ1n) is 14.0. The lowest BCUT2D eigenvalue weighted by Crippen LogP contribution is -2.23. The number of nitrogens with zero attached hydrogens (tertiary/aromatic N) is 2. The van der Waals surface area contributed by atoms with E-state index in [1.807, 2.05) is 25.1 Å². The first-order chi connectivity index (χ1) is 19.2. The molecule has 0 bridgehead atoms. The summed E-state index contributed by atoms with van der Waals surface area (Å²) < 4.78 is 0. The van der Waals surface area contributed by atoms with Crippen LogP contribution in [-0.2, 0) is 0 Å². The Kier molecular flexibility index (Phi) is 8.17. The van der Waals surface area contributed by atoms with Crippen molar-refractivity contribution in [1.82, 2.24) is 9.97 Å². The van der Waals surface area contributed by atoms with Gasteiger partial charge >= 0.3 is 0 Å². The minimum absolute atomic E-state index is 0.00753. The third-order valence-electron chi connectivity index (χ3n) is 7.21. The second kappa shape index (κ2) is 12.1. The number of anilines is 1. The molecule has 0 radical (unpaired) electrons. The summed E-state index contributed by atoms with van der Waals surface area (Å²) in [7, 11) is 0. The Morgan fingerprint density at radius 2 is 1.72 bits per heavy atom. The molecule has 2 aromatic carbocycles. The highest BCUT2D eigenvalue weighted by Crippen LogP contribution is 2.52. The summed E-state index contributed by atoms with van der Waals surface area (Å²) in [6.45, 7) is 7.42. The van der Waals surface area contributed by atoms with Gasteiger partial charge in [0.05, 0.1) is 16.9 Å². The van der Waals surface area contributed by atoms with Crippen LogP contribution in [0.5, 0.6) is 0 Å². The van der Waals surface area contributed by atoms with Crippen LogP contribution in [0.4, 0.5) is 5.69 Å². The molecule has 1 heterocycles. The number of hydrogen-bond acceptors (Lipinski definition) is 3. The maximum absolute atomic E-state index is 5.02. The molecule has 3 nitrogen and oxygen atoms in total. The molecule has 3 aliphatic carbocycles. The van der Waals surface area contributed by atoms with Crippen molar-refractivity contribution >= 4 is 22.9 Å². The van der Waals surface area contributed by atoms with Crippen LogP contribution in [-0.4, -0.2) is 15.5 Å². The molecule has 0 saturated heterocycles. The van der Waals surface area contributed by atoms with Crippen LogP contribution in [0.25, 0.3) is 28.6 Å². The van der Waals surface area contributed by atoms with Gasteiger partial charge in [0.15, 0.2) is 5.82 Å². The van der Waals surface area contributed by atoms with Crippen molar-refractivity contribution < 1.29 is 0 Å². The molecule has 2 unspecified atom stereocenters. The summed E-state index contributed by atoms with van der Waals surface area (Å²) in [5.41, 5.74) is 7.81. The Morgan fingerprint density at radius 3 is 2.44 bits per heavy atom. The number of para-hydroxylation sites is 1. The quantitative estimate of drug-likeness (QED) is 0.321. The standard InChI is InChI=1S/C33H31N3.C3H6/c1-2-3-12-24-15-10-11-18-29(24)36-33-20-19-27(21-28(33)23-33)31-22-30(25-13-6-4-7-14-25)34-32(35-31)26-16-8-5-9-17-26;1-3-2/h3,5-6,8-22,28,36H,2,4,7,23H2,1H3;3H,1H2,2H3/b12-3+;. The molecule has 0 amide bonds. The average molecular weight is 512 g/mol. The van der Waals surface area contributed by atoms with Crippen molar-refractivity contribution in [3.8, 4) is 11.4 Å². The summed E-state index contributed by atoms with van der Waals surface area (Å²) in [6, 6.07) is 21.0. The molecule has 0 aliphatic heterocycles. The monoisotopic (exact) mass is 511 g/mol. The minimum Gasteiger partial charge on any atom is -0.375 e. The lowest BCUT2D eigenvalue weighted by molar-refractivity contribution is 0.855. The lowest BCUT2D eigenvalue weighted by atomic mass is 9.97. The van der Waals surface area contributed by atoms with Crippen molar-refractivity contribution in [2.45, 2.75) is 45.1 Å². The topological polar surface area (TPSA) is 37.8 Å². The molecule has 3 heteroatoms. The van der Waals surface area contributed by atoms with Gasteiger partial charge in [-0.15, -0.1) is 6.58 Å². The zero-order chi connectivity index (χ0) is 27.1. The van der Waals surface area contributed by atoms with Gasteiger partial charge in [-0.3, -0.25) is 0 Å². The van der Waals surface area contributed by atoms with Crippen LogP contribution < -0.4 is 5.32 Å². The van der Waals surface area contributed by atoms with Gasteiger partial charge < -0.3 is 5.32 Å². The van der Waals surface area contributed by atoms with Crippen molar-refractivity contribution in [1.29, 1.82) is 0 Å². The van der Waals surface area contributed by atoms with Crippen molar-refractivity contribution in [2.24, 2.45) is 5.92 Å². The van der Waals surface area contributed by atoms with Gasteiger partial charge in [-0.2, -0.15) is 0 Å². The predicted octanol–water partition coefficient (Wildman–Crippen LogP) is 9.32. The van der Waals surface area contributed by atoms with Gasteiger partial charge in [-0.25, -0.2) is 9.97 Å². The van der Waals surface area contributed by atoms with E-state index in [2.05, 4.69) is 110 Å². The molecule has 3 aromatic rings. The summed E-state index contributed by atoms with van der Waals surface area (Å²) >= 11 is 0. The van der Waals surface area contributed by atoms with Gasteiger partial charge in [0.25, 0.3) is 0 Å².